The summed E-state index contributed by atoms with van der Waals surface area (Å²) in [7, 11) is 0. The Bertz CT molecular complexity index is 479. The van der Waals surface area contributed by atoms with Crippen molar-refractivity contribution in [1.82, 2.24) is 0 Å². The maximum absolute atomic E-state index is 10.6. The number of ether oxygens (including phenoxy) is 2. The molecule has 0 radical (unpaired) electrons. The lowest BCUT2D eigenvalue weighted by Gasteiger charge is -2.24. The average molecular weight is 260 g/mol. The largest absolute Gasteiger partial charge is 0.486 e. The highest BCUT2D eigenvalue weighted by atomic mass is 16.6. The summed E-state index contributed by atoms with van der Waals surface area (Å²) in [5.74, 6) is 1.46. The van der Waals surface area contributed by atoms with E-state index < -0.39 is 6.10 Å². The highest BCUT2D eigenvalue weighted by Gasteiger charge is 2.23. The van der Waals surface area contributed by atoms with E-state index in [0.29, 0.717) is 19.0 Å². The zero-order valence-electron chi connectivity index (χ0n) is 11.1. The van der Waals surface area contributed by atoms with Gasteiger partial charge in [0.2, 0.25) is 0 Å². The van der Waals surface area contributed by atoms with Crippen molar-refractivity contribution < 1.29 is 14.6 Å². The zero-order chi connectivity index (χ0) is 13.1. The molecule has 1 aliphatic carbocycles. The minimum atomic E-state index is -0.560. The number of hydrogen-bond donors (Lipinski definition) is 1. The van der Waals surface area contributed by atoms with Gasteiger partial charge in [0.25, 0.3) is 0 Å². The van der Waals surface area contributed by atoms with Crippen LogP contribution in [0.1, 0.15) is 43.8 Å². The topological polar surface area (TPSA) is 38.7 Å². The molecule has 1 unspecified atom stereocenters. The molecule has 1 aromatic carbocycles. The number of para-hydroxylation sites is 1. The highest BCUT2D eigenvalue weighted by molar-refractivity contribution is 5.50. The first-order valence-electron chi connectivity index (χ1n) is 7.12. The predicted octanol–water partition coefficient (Wildman–Crippen LogP) is 3.38. The first-order chi connectivity index (χ1) is 9.36. The summed E-state index contributed by atoms with van der Waals surface area (Å²) in [6.45, 7) is 1.13. The molecule has 1 N–H and O–H groups in total. The van der Waals surface area contributed by atoms with Crippen LogP contribution in [0.3, 0.4) is 0 Å². The van der Waals surface area contributed by atoms with Crippen LogP contribution >= 0.6 is 0 Å². The van der Waals surface area contributed by atoms with Gasteiger partial charge in [-0.15, -0.1) is 0 Å². The summed E-state index contributed by atoms with van der Waals surface area (Å²) in [6, 6.07) is 5.75. The number of benzene rings is 1. The number of aliphatic hydroxyl groups is 1. The minimum Gasteiger partial charge on any atom is -0.486 e. The molecule has 19 heavy (non-hydrogen) atoms. The molecular formula is C16H20O3. The van der Waals surface area contributed by atoms with Gasteiger partial charge in [-0.3, -0.25) is 0 Å². The molecule has 1 heterocycles. The summed E-state index contributed by atoms with van der Waals surface area (Å²) in [4.78, 5) is 0. The fraction of sp³-hybridized carbons (Fsp3) is 0.500. The van der Waals surface area contributed by atoms with Crippen molar-refractivity contribution in [2.45, 2.75) is 38.2 Å². The summed E-state index contributed by atoms with van der Waals surface area (Å²) in [5.41, 5.74) is 1.96. The highest BCUT2D eigenvalue weighted by Crippen LogP contribution is 2.40. The molecule has 3 nitrogen and oxygen atoms in total. The first kappa shape index (κ1) is 12.5. The van der Waals surface area contributed by atoms with Gasteiger partial charge in [0.05, 0.1) is 0 Å². The third kappa shape index (κ3) is 2.61. The van der Waals surface area contributed by atoms with Crippen molar-refractivity contribution in [1.29, 1.82) is 0 Å². The summed E-state index contributed by atoms with van der Waals surface area (Å²) in [6.07, 6.45) is 7.32. The Balaban J connectivity index is 1.90. The Labute approximate surface area is 113 Å². The Hall–Kier alpha value is -1.48. The number of allylic oxidation sites excluding steroid dienone is 1. The van der Waals surface area contributed by atoms with Crippen LogP contribution in [-0.4, -0.2) is 18.3 Å². The summed E-state index contributed by atoms with van der Waals surface area (Å²) in [5, 5.41) is 10.6. The molecule has 1 aromatic rings. The van der Waals surface area contributed by atoms with Gasteiger partial charge in [0.15, 0.2) is 11.5 Å². The monoisotopic (exact) mass is 260 g/mol. The molecule has 0 bridgehead atoms. The lowest BCUT2D eigenvalue weighted by molar-refractivity contribution is 0.156. The van der Waals surface area contributed by atoms with E-state index in [1.165, 1.54) is 12.8 Å². The van der Waals surface area contributed by atoms with Crippen LogP contribution < -0.4 is 9.47 Å². The van der Waals surface area contributed by atoms with Gasteiger partial charge >= 0.3 is 0 Å². The minimum absolute atomic E-state index is 0.551. The van der Waals surface area contributed by atoms with Gasteiger partial charge in [-0.1, -0.05) is 24.6 Å². The third-order valence-electron chi connectivity index (χ3n) is 3.82. The molecule has 3 rings (SSSR count). The van der Waals surface area contributed by atoms with Crippen molar-refractivity contribution in [2.75, 3.05) is 13.2 Å². The second-order valence-electron chi connectivity index (χ2n) is 5.15. The average Bonchev–Trinajstić information content (AvgIpc) is 2.75. The van der Waals surface area contributed by atoms with Gasteiger partial charge in [0, 0.05) is 5.56 Å². The van der Waals surface area contributed by atoms with Gasteiger partial charge in [-0.05, 0) is 37.3 Å². The summed E-state index contributed by atoms with van der Waals surface area (Å²) < 4.78 is 11.3. The fourth-order valence-electron chi connectivity index (χ4n) is 2.80. The van der Waals surface area contributed by atoms with Crippen LogP contribution in [0.15, 0.2) is 29.8 Å². The number of aliphatic hydroxyl groups excluding tert-OH is 1. The second-order valence-corrected chi connectivity index (χ2v) is 5.15. The molecule has 0 aromatic heterocycles. The van der Waals surface area contributed by atoms with Crippen molar-refractivity contribution in [3.63, 3.8) is 0 Å². The number of hydrogen-bond acceptors (Lipinski definition) is 3. The zero-order valence-corrected chi connectivity index (χ0v) is 11.1. The van der Waals surface area contributed by atoms with E-state index in [2.05, 4.69) is 6.08 Å². The van der Waals surface area contributed by atoms with Gasteiger partial charge in [0.1, 0.15) is 19.3 Å². The predicted molar refractivity (Wildman–Crippen MR) is 73.6 cm³/mol. The maximum Gasteiger partial charge on any atom is 0.167 e. The van der Waals surface area contributed by atoms with Crippen molar-refractivity contribution >= 4 is 0 Å². The standard InChI is InChI=1S/C16H20O3/c17-15(12-6-3-1-2-4-7-12)13-8-5-9-14-16(13)19-11-10-18-14/h5-6,8-9,15,17H,1-4,7,10-11H2. The van der Waals surface area contributed by atoms with Crippen LogP contribution in [0.25, 0.3) is 0 Å². The molecule has 2 aliphatic rings. The van der Waals surface area contributed by atoms with Gasteiger partial charge in [-0.2, -0.15) is 0 Å². The number of fused-ring (bicyclic) bond motifs is 1. The maximum atomic E-state index is 10.6. The molecule has 102 valence electrons. The lowest BCUT2D eigenvalue weighted by atomic mass is 9.96. The first-order valence-corrected chi connectivity index (χ1v) is 7.12. The van der Waals surface area contributed by atoms with Crippen LogP contribution in [-0.2, 0) is 0 Å². The molecule has 0 saturated carbocycles. The van der Waals surface area contributed by atoms with E-state index in [4.69, 9.17) is 9.47 Å². The SMILES string of the molecule is OC(C1=CCCCCC1)c1cccc2c1OCCO2. The Morgan fingerprint density at radius 1 is 1.05 bits per heavy atom. The normalized spacial score (nSPS) is 20.4. The molecule has 3 heteroatoms. The molecular weight excluding hydrogens is 240 g/mol. The van der Waals surface area contributed by atoms with E-state index in [1.807, 2.05) is 18.2 Å². The van der Waals surface area contributed by atoms with Crippen LogP contribution in [0.2, 0.25) is 0 Å². The lowest BCUT2D eigenvalue weighted by Crippen LogP contribution is -2.17. The Morgan fingerprint density at radius 3 is 2.89 bits per heavy atom. The second kappa shape index (κ2) is 5.66. The van der Waals surface area contributed by atoms with E-state index in [9.17, 15) is 5.11 Å². The molecule has 0 saturated heterocycles. The van der Waals surface area contributed by atoms with Crippen molar-refractivity contribution in [3.05, 3.63) is 35.4 Å². The smallest absolute Gasteiger partial charge is 0.167 e. The Morgan fingerprint density at radius 2 is 1.95 bits per heavy atom. The van der Waals surface area contributed by atoms with Crippen LogP contribution in [0.4, 0.5) is 0 Å². The van der Waals surface area contributed by atoms with Crippen LogP contribution in [0.5, 0.6) is 11.5 Å². The molecule has 1 atom stereocenters. The van der Waals surface area contributed by atoms with E-state index in [-0.39, 0.29) is 0 Å². The van der Waals surface area contributed by atoms with E-state index >= 15 is 0 Å². The Kier molecular flexibility index (Phi) is 3.74. The van der Waals surface area contributed by atoms with E-state index in [0.717, 1.165) is 36.1 Å². The van der Waals surface area contributed by atoms with Gasteiger partial charge < -0.3 is 14.6 Å². The molecule has 0 spiro atoms. The third-order valence-corrected chi connectivity index (χ3v) is 3.82. The van der Waals surface area contributed by atoms with Crippen molar-refractivity contribution in [3.8, 4) is 11.5 Å². The number of rotatable bonds is 2. The van der Waals surface area contributed by atoms with Gasteiger partial charge in [-0.25, -0.2) is 0 Å². The molecule has 1 aliphatic heterocycles. The molecule has 0 fully saturated rings. The molecule has 0 amide bonds. The van der Waals surface area contributed by atoms with E-state index in [1.54, 1.807) is 0 Å². The van der Waals surface area contributed by atoms with Crippen molar-refractivity contribution in [2.24, 2.45) is 0 Å². The van der Waals surface area contributed by atoms with Crippen LogP contribution in [0, 0.1) is 0 Å². The fourth-order valence-corrected chi connectivity index (χ4v) is 2.80. The summed E-state index contributed by atoms with van der Waals surface area (Å²) >= 11 is 0. The quantitative estimate of drug-likeness (QED) is 0.828.